The van der Waals surface area contributed by atoms with Gasteiger partial charge in [0.1, 0.15) is 0 Å². The molecule has 0 radical (unpaired) electrons. The summed E-state index contributed by atoms with van der Waals surface area (Å²) in [5, 5.41) is 2.98. The van der Waals surface area contributed by atoms with Crippen molar-refractivity contribution in [2.45, 2.75) is 64.8 Å². The molecule has 156 valence electrons. The molecule has 1 atom stereocenters. The van der Waals surface area contributed by atoms with E-state index >= 15 is 0 Å². The molecule has 3 rings (SSSR count). The fourth-order valence-electron chi connectivity index (χ4n) is 4.13. The Hall–Kier alpha value is -2.18. The number of nitrogens with one attached hydrogen (secondary N) is 1. The van der Waals surface area contributed by atoms with Gasteiger partial charge in [-0.3, -0.25) is 4.79 Å². The fraction of sp³-hybridized carbons (Fsp3) is 0.435. The number of amides is 1. The lowest BCUT2D eigenvalue weighted by Crippen LogP contribution is -2.42. The molecule has 2 aromatic carbocycles. The van der Waals surface area contributed by atoms with Gasteiger partial charge < -0.3 is 5.32 Å². The molecule has 1 heterocycles. The van der Waals surface area contributed by atoms with Crippen LogP contribution >= 0.6 is 0 Å². The SMILES string of the molecule is Cc1cc(C)c(NC(=O)c2cc(S(=O)(=O)N3CCCCC3C)ccc2C)c(C)c1. The molecule has 1 saturated heterocycles. The molecule has 1 N–H and O–H groups in total. The molecular formula is C23H30N2O3S. The van der Waals surface area contributed by atoms with Crippen molar-refractivity contribution in [1.29, 1.82) is 0 Å². The van der Waals surface area contributed by atoms with Crippen LogP contribution in [0.4, 0.5) is 5.69 Å². The van der Waals surface area contributed by atoms with Gasteiger partial charge in [-0.05, 0) is 76.3 Å². The smallest absolute Gasteiger partial charge is 0.255 e. The van der Waals surface area contributed by atoms with Crippen LogP contribution in [0.1, 0.15) is 58.8 Å². The Balaban J connectivity index is 1.94. The summed E-state index contributed by atoms with van der Waals surface area (Å²) in [6, 6.07) is 8.85. The summed E-state index contributed by atoms with van der Waals surface area (Å²) in [7, 11) is -3.63. The monoisotopic (exact) mass is 414 g/mol. The van der Waals surface area contributed by atoms with Crippen LogP contribution in [0.5, 0.6) is 0 Å². The van der Waals surface area contributed by atoms with E-state index in [4.69, 9.17) is 0 Å². The zero-order valence-electron chi connectivity index (χ0n) is 17.9. The number of rotatable bonds is 4. The van der Waals surface area contributed by atoms with E-state index in [1.54, 1.807) is 16.4 Å². The first-order valence-corrected chi connectivity index (χ1v) is 11.6. The Labute approximate surface area is 174 Å². The minimum absolute atomic E-state index is 0.0230. The largest absolute Gasteiger partial charge is 0.321 e. The van der Waals surface area contributed by atoms with Gasteiger partial charge in [-0.1, -0.05) is 30.2 Å². The second-order valence-electron chi connectivity index (χ2n) is 8.17. The van der Waals surface area contributed by atoms with Gasteiger partial charge >= 0.3 is 0 Å². The van der Waals surface area contributed by atoms with E-state index in [-0.39, 0.29) is 16.8 Å². The predicted octanol–water partition coefficient (Wildman–Crippen LogP) is 4.74. The van der Waals surface area contributed by atoms with Crippen LogP contribution in [0.15, 0.2) is 35.2 Å². The molecule has 2 aromatic rings. The van der Waals surface area contributed by atoms with Crippen molar-refractivity contribution in [2.24, 2.45) is 0 Å². The van der Waals surface area contributed by atoms with Gasteiger partial charge in [-0.2, -0.15) is 4.31 Å². The van der Waals surface area contributed by atoms with Gasteiger partial charge in [0.2, 0.25) is 10.0 Å². The second kappa shape index (κ2) is 8.28. The van der Waals surface area contributed by atoms with Crippen molar-refractivity contribution in [2.75, 3.05) is 11.9 Å². The molecule has 0 saturated carbocycles. The van der Waals surface area contributed by atoms with Crippen molar-refractivity contribution >= 4 is 21.6 Å². The first-order valence-electron chi connectivity index (χ1n) is 10.1. The van der Waals surface area contributed by atoms with Gasteiger partial charge in [0.05, 0.1) is 4.90 Å². The second-order valence-corrected chi connectivity index (χ2v) is 10.1. The Morgan fingerprint density at radius 3 is 2.28 bits per heavy atom. The molecule has 1 amide bonds. The van der Waals surface area contributed by atoms with Crippen molar-refractivity contribution in [3.05, 3.63) is 58.1 Å². The Kier molecular flexibility index (Phi) is 6.15. The lowest BCUT2D eigenvalue weighted by Gasteiger charge is -2.32. The number of hydrogen-bond acceptors (Lipinski definition) is 3. The highest BCUT2D eigenvalue weighted by molar-refractivity contribution is 7.89. The minimum Gasteiger partial charge on any atom is -0.321 e. The number of anilines is 1. The first kappa shape index (κ1) is 21.5. The van der Waals surface area contributed by atoms with Gasteiger partial charge in [0, 0.05) is 23.8 Å². The summed E-state index contributed by atoms with van der Waals surface area (Å²) >= 11 is 0. The van der Waals surface area contributed by atoms with Crippen molar-refractivity contribution in [3.8, 4) is 0 Å². The van der Waals surface area contributed by atoms with Gasteiger partial charge in [-0.15, -0.1) is 0 Å². The summed E-state index contributed by atoms with van der Waals surface area (Å²) < 4.78 is 27.9. The number of aryl methyl sites for hydroxylation is 4. The van der Waals surface area contributed by atoms with Gasteiger partial charge in [0.25, 0.3) is 5.91 Å². The maximum Gasteiger partial charge on any atom is 0.255 e. The van der Waals surface area contributed by atoms with Crippen LogP contribution < -0.4 is 5.32 Å². The number of nitrogens with zero attached hydrogens (tertiary/aromatic N) is 1. The highest BCUT2D eigenvalue weighted by Gasteiger charge is 2.31. The molecule has 0 spiro atoms. The van der Waals surface area contributed by atoms with E-state index in [1.165, 1.54) is 6.07 Å². The van der Waals surface area contributed by atoms with Crippen molar-refractivity contribution < 1.29 is 13.2 Å². The van der Waals surface area contributed by atoms with E-state index < -0.39 is 10.0 Å². The number of hydrogen-bond donors (Lipinski definition) is 1. The van der Waals surface area contributed by atoms with E-state index in [0.29, 0.717) is 12.1 Å². The lowest BCUT2D eigenvalue weighted by molar-refractivity contribution is 0.102. The Morgan fingerprint density at radius 1 is 1.00 bits per heavy atom. The molecule has 6 heteroatoms. The third-order valence-corrected chi connectivity index (χ3v) is 7.73. The van der Waals surface area contributed by atoms with Crippen LogP contribution in [-0.4, -0.2) is 31.2 Å². The molecule has 0 aliphatic carbocycles. The average molecular weight is 415 g/mol. The van der Waals surface area contributed by atoms with Crippen LogP contribution in [0.3, 0.4) is 0 Å². The average Bonchev–Trinajstić information content (AvgIpc) is 2.64. The van der Waals surface area contributed by atoms with Crippen molar-refractivity contribution in [1.82, 2.24) is 4.31 Å². The fourth-order valence-corrected chi connectivity index (χ4v) is 5.85. The van der Waals surface area contributed by atoms with Gasteiger partial charge in [-0.25, -0.2) is 8.42 Å². The van der Waals surface area contributed by atoms with Gasteiger partial charge in [0.15, 0.2) is 0 Å². The summed E-state index contributed by atoms with van der Waals surface area (Å²) in [6.45, 7) is 10.2. The number of sulfonamides is 1. The van der Waals surface area contributed by atoms with Crippen LogP contribution in [0.2, 0.25) is 0 Å². The summed E-state index contributed by atoms with van der Waals surface area (Å²) in [5.41, 5.74) is 5.01. The number of carbonyl (C=O) groups excluding carboxylic acids is 1. The summed E-state index contributed by atoms with van der Waals surface area (Å²) in [6.07, 6.45) is 2.78. The quantitative estimate of drug-likeness (QED) is 0.786. The minimum atomic E-state index is -3.63. The zero-order chi connectivity index (χ0) is 21.3. The number of carbonyl (C=O) groups is 1. The predicted molar refractivity (Wildman–Crippen MR) is 117 cm³/mol. The highest BCUT2D eigenvalue weighted by atomic mass is 32.2. The molecule has 1 unspecified atom stereocenters. The van der Waals surface area contributed by atoms with E-state index in [2.05, 4.69) is 5.32 Å². The third-order valence-electron chi connectivity index (χ3n) is 5.72. The molecule has 29 heavy (non-hydrogen) atoms. The molecule has 1 aliphatic rings. The lowest BCUT2D eigenvalue weighted by atomic mass is 10.0. The number of piperidine rings is 1. The molecule has 0 bridgehead atoms. The summed E-state index contributed by atoms with van der Waals surface area (Å²) in [4.78, 5) is 13.2. The maximum atomic E-state index is 13.2. The third kappa shape index (κ3) is 4.38. The molecule has 1 fully saturated rings. The van der Waals surface area contributed by atoms with Crippen LogP contribution in [-0.2, 0) is 10.0 Å². The van der Waals surface area contributed by atoms with Crippen LogP contribution in [0.25, 0.3) is 0 Å². The van der Waals surface area contributed by atoms with Crippen molar-refractivity contribution in [3.63, 3.8) is 0 Å². The highest BCUT2D eigenvalue weighted by Crippen LogP contribution is 2.27. The van der Waals surface area contributed by atoms with E-state index in [9.17, 15) is 13.2 Å². The van der Waals surface area contributed by atoms with Crippen LogP contribution in [0, 0.1) is 27.7 Å². The van der Waals surface area contributed by atoms with E-state index in [1.807, 2.05) is 46.8 Å². The molecule has 5 nitrogen and oxygen atoms in total. The number of benzene rings is 2. The zero-order valence-corrected chi connectivity index (χ0v) is 18.7. The standard InChI is InChI=1S/C23H30N2O3S/c1-15-12-17(3)22(18(4)13-15)24-23(26)21-14-20(10-9-16(21)2)29(27,28)25-11-7-6-8-19(25)5/h9-10,12-14,19H,6-8,11H2,1-5H3,(H,24,26). The Bertz CT molecular complexity index is 1020. The van der Waals surface area contributed by atoms with E-state index in [0.717, 1.165) is 47.2 Å². The molecular weight excluding hydrogens is 384 g/mol. The molecule has 0 aromatic heterocycles. The summed E-state index contributed by atoms with van der Waals surface area (Å²) in [5.74, 6) is -0.290. The topological polar surface area (TPSA) is 66.5 Å². The molecule has 1 aliphatic heterocycles. The Morgan fingerprint density at radius 2 is 1.66 bits per heavy atom. The first-order chi connectivity index (χ1) is 13.6. The normalized spacial score (nSPS) is 17.9. The maximum absolute atomic E-state index is 13.2.